The van der Waals surface area contributed by atoms with Gasteiger partial charge < -0.3 is 21.1 Å². The highest BCUT2D eigenvalue weighted by Gasteiger charge is 2.13. The number of esters is 1. The third-order valence-corrected chi connectivity index (χ3v) is 3.84. The third kappa shape index (κ3) is 6.16. The Morgan fingerprint density at radius 2 is 1.93 bits per heavy atom. The second-order valence-corrected chi connectivity index (χ2v) is 6.05. The van der Waals surface area contributed by atoms with Crippen LogP contribution in [0.15, 0.2) is 67.2 Å². The van der Waals surface area contributed by atoms with E-state index in [4.69, 9.17) is 5.73 Å². The van der Waals surface area contributed by atoms with Crippen LogP contribution in [0, 0.1) is 0 Å². The summed E-state index contributed by atoms with van der Waals surface area (Å²) in [7, 11) is 1.26. The summed E-state index contributed by atoms with van der Waals surface area (Å²) < 4.78 is 5.73. The summed E-state index contributed by atoms with van der Waals surface area (Å²) in [5.41, 5.74) is 7.45. The zero-order chi connectivity index (χ0) is 22.1. The van der Waals surface area contributed by atoms with E-state index in [2.05, 4.69) is 38.8 Å². The number of amides is 2. The highest BCUT2D eigenvalue weighted by Crippen LogP contribution is 2.07. The Labute approximate surface area is 173 Å². The van der Waals surface area contributed by atoms with E-state index < -0.39 is 11.9 Å². The molecule has 0 saturated heterocycles. The Morgan fingerprint density at radius 1 is 1.23 bits per heavy atom. The van der Waals surface area contributed by atoms with Gasteiger partial charge in [-0.3, -0.25) is 14.4 Å². The number of aromatic nitrogens is 3. The van der Waals surface area contributed by atoms with Gasteiger partial charge in [-0.05, 0) is 23.8 Å². The van der Waals surface area contributed by atoms with Crippen molar-refractivity contribution in [3.63, 3.8) is 0 Å². The van der Waals surface area contributed by atoms with E-state index in [1.807, 2.05) is 0 Å². The summed E-state index contributed by atoms with van der Waals surface area (Å²) in [6.07, 6.45) is 4.39. The summed E-state index contributed by atoms with van der Waals surface area (Å²) in [4.78, 5) is 35.7. The lowest BCUT2D eigenvalue weighted by Crippen LogP contribution is -2.26. The lowest BCUT2D eigenvalue weighted by molar-refractivity contribution is -0.141. The predicted molar refractivity (Wildman–Crippen MR) is 109 cm³/mol. The van der Waals surface area contributed by atoms with Gasteiger partial charge in [0, 0.05) is 17.8 Å². The Balaban J connectivity index is 1.93. The van der Waals surface area contributed by atoms with Crippen LogP contribution in [0.1, 0.15) is 26.4 Å². The summed E-state index contributed by atoms with van der Waals surface area (Å²) in [6.45, 7) is 7.23. The van der Waals surface area contributed by atoms with Crippen molar-refractivity contribution in [2.45, 2.75) is 13.1 Å². The van der Waals surface area contributed by atoms with Crippen LogP contribution in [-0.2, 0) is 22.6 Å². The Kier molecular flexibility index (Phi) is 7.63. The quantitative estimate of drug-likeness (QED) is 0.407. The number of hydrogen-bond acceptors (Lipinski definition) is 7. The Bertz CT molecular complexity index is 991. The van der Waals surface area contributed by atoms with E-state index in [-0.39, 0.29) is 30.4 Å². The summed E-state index contributed by atoms with van der Waals surface area (Å²) in [6, 6.07) is 6.65. The average Bonchev–Trinajstić information content (AvgIpc) is 3.20. The largest absolute Gasteiger partial charge is 0.468 e. The number of carbonyl (C=O) groups excluding carboxylic acids is 3. The van der Waals surface area contributed by atoms with E-state index in [1.54, 1.807) is 30.3 Å². The van der Waals surface area contributed by atoms with Crippen molar-refractivity contribution in [2.24, 2.45) is 5.73 Å². The van der Waals surface area contributed by atoms with Gasteiger partial charge in [-0.1, -0.05) is 36.6 Å². The SMILES string of the molecule is C=C/C=C(/NC(=O)c1ccc(CNC(=O)c2cn(CC(=O)OC)nn2)cc1)C(=C)N. The number of hydrogen-bond donors (Lipinski definition) is 3. The lowest BCUT2D eigenvalue weighted by atomic mass is 10.1. The molecule has 10 nitrogen and oxygen atoms in total. The van der Waals surface area contributed by atoms with Crippen LogP contribution in [0.25, 0.3) is 0 Å². The van der Waals surface area contributed by atoms with Gasteiger partial charge in [-0.2, -0.15) is 0 Å². The lowest BCUT2D eigenvalue weighted by Gasteiger charge is -2.09. The second kappa shape index (κ2) is 10.4. The van der Waals surface area contributed by atoms with Crippen LogP contribution in [0.5, 0.6) is 0 Å². The molecular formula is C20H22N6O4. The minimum Gasteiger partial charge on any atom is -0.468 e. The molecule has 10 heteroatoms. The summed E-state index contributed by atoms with van der Waals surface area (Å²) >= 11 is 0. The van der Waals surface area contributed by atoms with Gasteiger partial charge in [0.2, 0.25) is 0 Å². The minimum absolute atomic E-state index is 0.0680. The predicted octanol–water partition coefficient (Wildman–Crippen LogP) is 0.653. The molecule has 1 aromatic carbocycles. The zero-order valence-electron chi connectivity index (χ0n) is 16.4. The number of nitrogens with two attached hydrogens (primary N) is 1. The van der Waals surface area contributed by atoms with Gasteiger partial charge in [0.15, 0.2) is 5.69 Å². The molecule has 30 heavy (non-hydrogen) atoms. The minimum atomic E-state index is -0.501. The van der Waals surface area contributed by atoms with Crippen LogP contribution in [0.2, 0.25) is 0 Å². The number of nitrogens with zero attached hydrogens (tertiary/aromatic N) is 3. The first kappa shape index (κ1) is 22.1. The van der Waals surface area contributed by atoms with E-state index in [1.165, 1.54) is 24.1 Å². The molecule has 2 aromatic rings. The van der Waals surface area contributed by atoms with Crippen molar-refractivity contribution in [1.29, 1.82) is 0 Å². The first-order valence-electron chi connectivity index (χ1n) is 8.77. The molecule has 1 heterocycles. The molecule has 0 atom stereocenters. The van der Waals surface area contributed by atoms with E-state index in [9.17, 15) is 14.4 Å². The fourth-order valence-corrected chi connectivity index (χ4v) is 2.26. The molecule has 1 aromatic heterocycles. The first-order chi connectivity index (χ1) is 14.3. The fraction of sp³-hybridized carbons (Fsp3) is 0.150. The molecule has 0 bridgehead atoms. The number of carbonyl (C=O) groups is 3. The number of allylic oxidation sites excluding steroid dienone is 2. The normalized spacial score (nSPS) is 10.8. The number of methoxy groups -OCH3 is 1. The maximum absolute atomic E-state index is 12.3. The summed E-state index contributed by atoms with van der Waals surface area (Å²) in [5, 5.41) is 12.8. The van der Waals surface area contributed by atoms with Crippen molar-refractivity contribution in [3.05, 3.63) is 84.0 Å². The van der Waals surface area contributed by atoms with Crippen LogP contribution in [-0.4, -0.2) is 39.9 Å². The molecule has 2 rings (SSSR count). The van der Waals surface area contributed by atoms with Crippen molar-refractivity contribution >= 4 is 17.8 Å². The Morgan fingerprint density at radius 3 is 2.53 bits per heavy atom. The summed E-state index contributed by atoms with van der Waals surface area (Å²) in [5.74, 6) is -1.31. The molecule has 0 aliphatic heterocycles. The van der Waals surface area contributed by atoms with Crippen LogP contribution in [0.3, 0.4) is 0 Å². The van der Waals surface area contributed by atoms with E-state index >= 15 is 0 Å². The van der Waals surface area contributed by atoms with Crippen molar-refractivity contribution in [1.82, 2.24) is 25.6 Å². The smallest absolute Gasteiger partial charge is 0.327 e. The Hall–Kier alpha value is -4.21. The second-order valence-electron chi connectivity index (χ2n) is 6.05. The van der Waals surface area contributed by atoms with E-state index in [0.29, 0.717) is 11.3 Å². The average molecular weight is 410 g/mol. The molecule has 4 N–H and O–H groups in total. The molecule has 0 spiro atoms. The number of rotatable bonds is 9. The molecule has 0 saturated carbocycles. The van der Waals surface area contributed by atoms with Gasteiger partial charge >= 0.3 is 5.97 Å². The molecule has 0 fully saturated rings. The van der Waals surface area contributed by atoms with Crippen LogP contribution in [0.4, 0.5) is 0 Å². The highest BCUT2D eigenvalue weighted by molar-refractivity contribution is 5.95. The fourth-order valence-electron chi connectivity index (χ4n) is 2.26. The van der Waals surface area contributed by atoms with Crippen molar-refractivity contribution in [3.8, 4) is 0 Å². The molecular weight excluding hydrogens is 388 g/mol. The van der Waals surface area contributed by atoms with Crippen LogP contribution >= 0.6 is 0 Å². The van der Waals surface area contributed by atoms with Gasteiger partial charge in [0.05, 0.1) is 19.0 Å². The third-order valence-electron chi connectivity index (χ3n) is 3.84. The molecule has 2 amide bonds. The van der Waals surface area contributed by atoms with Gasteiger partial charge in [-0.25, -0.2) is 4.68 Å². The topological polar surface area (TPSA) is 141 Å². The van der Waals surface area contributed by atoms with E-state index in [0.717, 1.165) is 5.56 Å². The number of benzene rings is 1. The van der Waals surface area contributed by atoms with Gasteiger partial charge in [0.1, 0.15) is 6.54 Å². The van der Waals surface area contributed by atoms with Gasteiger partial charge in [0.25, 0.3) is 11.8 Å². The van der Waals surface area contributed by atoms with Crippen molar-refractivity contribution in [2.75, 3.05) is 7.11 Å². The molecule has 0 radical (unpaired) electrons. The van der Waals surface area contributed by atoms with Gasteiger partial charge in [-0.15, -0.1) is 5.10 Å². The maximum atomic E-state index is 12.3. The van der Waals surface area contributed by atoms with Crippen LogP contribution < -0.4 is 16.4 Å². The molecule has 0 aliphatic rings. The number of ether oxygens (including phenoxy) is 1. The number of nitrogens with one attached hydrogen (secondary N) is 2. The molecule has 156 valence electrons. The first-order valence-corrected chi connectivity index (χ1v) is 8.77. The standard InChI is InChI=1S/C20H22N6O4/c1-4-5-16(13(2)21)23-19(28)15-8-6-14(7-9-15)10-22-20(29)17-11-26(25-24-17)12-18(27)30-3/h4-9,11H,1-2,10,12,21H2,3H3,(H,22,29)(H,23,28)/b16-5+. The monoisotopic (exact) mass is 410 g/mol. The maximum Gasteiger partial charge on any atom is 0.327 e. The van der Waals surface area contributed by atoms with Crippen molar-refractivity contribution < 1.29 is 19.1 Å². The highest BCUT2D eigenvalue weighted by atomic mass is 16.5. The molecule has 0 unspecified atom stereocenters. The zero-order valence-corrected chi connectivity index (χ0v) is 16.4. The molecule has 0 aliphatic carbocycles.